The van der Waals surface area contributed by atoms with Crippen LogP contribution in [0.15, 0.2) is 22.2 Å². The zero-order valence-electron chi connectivity index (χ0n) is 14.1. The van der Waals surface area contributed by atoms with Crippen LogP contribution in [0.3, 0.4) is 0 Å². The Kier molecular flexibility index (Phi) is 4.45. The molecule has 0 bridgehead atoms. The highest BCUT2D eigenvalue weighted by Crippen LogP contribution is 2.20. The number of primary amides is 1. The van der Waals surface area contributed by atoms with E-state index in [9.17, 15) is 14.4 Å². The third-order valence-corrected chi connectivity index (χ3v) is 4.24. The summed E-state index contributed by atoms with van der Waals surface area (Å²) in [5.74, 6) is -0.143. The molecule has 10 nitrogen and oxygen atoms in total. The van der Waals surface area contributed by atoms with Crippen molar-refractivity contribution in [3.05, 3.63) is 33.5 Å². The fraction of sp³-hybridized carbons (Fsp3) is 0.467. The van der Waals surface area contributed by atoms with Crippen LogP contribution in [0, 0.1) is 0 Å². The topological polar surface area (TPSA) is 120 Å². The minimum Gasteiger partial charge on any atom is -0.368 e. The van der Waals surface area contributed by atoms with E-state index in [4.69, 9.17) is 5.73 Å². The van der Waals surface area contributed by atoms with Gasteiger partial charge in [-0.1, -0.05) is 6.08 Å². The number of carbonyl (C=O) groups excluding carboxylic acids is 1. The third kappa shape index (κ3) is 2.84. The number of piperazine rings is 1. The number of fused-ring (bicyclic) bond motifs is 1. The first-order chi connectivity index (χ1) is 12.0. The summed E-state index contributed by atoms with van der Waals surface area (Å²) in [4.78, 5) is 43.1. The van der Waals surface area contributed by atoms with Crippen LogP contribution in [0.5, 0.6) is 0 Å². The smallest absolute Gasteiger partial charge is 0.332 e. The number of anilines is 1. The maximum Gasteiger partial charge on any atom is 0.332 e. The number of imidazole rings is 1. The second kappa shape index (κ2) is 6.55. The van der Waals surface area contributed by atoms with E-state index < -0.39 is 23.7 Å². The molecule has 1 aliphatic heterocycles. The van der Waals surface area contributed by atoms with E-state index in [2.05, 4.69) is 21.8 Å². The highest BCUT2D eigenvalue weighted by atomic mass is 16.2. The number of aromatic nitrogens is 4. The molecule has 2 aromatic rings. The summed E-state index contributed by atoms with van der Waals surface area (Å²) < 4.78 is 3.84. The molecule has 1 saturated heterocycles. The van der Waals surface area contributed by atoms with E-state index in [0.717, 1.165) is 30.7 Å². The molecule has 0 atom stereocenters. The number of amides is 1. The molecule has 1 amide bonds. The van der Waals surface area contributed by atoms with Crippen molar-refractivity contribution in [2.24, 2.45) is 12.8 Å². The average Bonchev–Trinajstić information content (AvgIpc) is 2.97. The fourth-order valence-corrected chi connectivity index (χ4v) is 3.06. The van der Waals surface area contributed by atoms with Crippen LogP contribution in [0.1, 0.15) is 0 Å². The number of nitrogens with one attached hydrogen (secondary N) is 1. The Morgan fingerprint density at radius 3 is 2.60 bits per heavy atom. The number of allylic oxidation sites excluding steroid dienone is 1. The van der Waals surface area contributed by atoms with Crippen molar-refractivity contribution in [1.29, 1.82) is 0 Å². The number of hydrogen-bond donors (Lipinski definition) is 2. The van der Waals surface area contributed by atoms with Gasteiger partial charge in [-0.2, -0.15) is 4.98 Å². The summed E-state index contributed by atoms with van der Waals surface area (Å²) in [5, 5.41) is 3.26. The minimum absolute atomic E-state index is 0.261. The molecule has 134 valence electrons. The summed E-state index contributed by atoms with van der Waals surface area (Å²) >= 11 is 0. The summed E-state index contributed by atoms with van der Waals surface area (Å²) in [7, 11) is 1.52. The van der Waals surface area contributed by atoms with Gasteiger partial charge in [-0.15, -0.1) is 6.58 Å². The summed E-state index contributed by atoms with van der Waals surface area (Å²) in [6, 6.07) is 0. The first-order valence-corrected chi connectivity index (χ1v) is 8.00. The number of nitrogens with two attached hydrogens (primary N) is 1. The lowest BCUT2D eigenvalue weighted by atomic mass is 10.4. The van der Waals surface area contributed by atoms with Gasteiger partial charge in [0, 0.05) is 39.8 Å². The van der Waals surface area contributed by atoms with Gasteiger partial charge in [0.25, 0.3) is 5.56 Å². The third-order valence-electron chi connectivity index (χ3n) is 4.24. The van der Waals surface area contributed by atoms with Crippen LogP contribution in [-0.2, 0) is 24.9 Å². The predicted molar refractivity (Wildman–Crippen MR) is 93.7 cm³/mol. The summed E-state index contributed by atoms with van der Waals surface area (Å²) in [6.07, 6.45) is 1.66. The second-order valence-corrected chi connectivity index (χ2v) is 5.92. The zero-order chi connectivity index (χ0) is 18.1. The Hall–Kier alpha value is -2.88. The highest BCUT2D eigenvalue weighted by molar-refractivity contribution is 5.76. The van der Waals surface area contributed by atoms with E-state index >= 15 is 0 Å². The molecule has 0 aromatic carbocycles. The Labute approximate surface area is 143 Å². The molecule has 0 radical (unpaired) electrons. The van der Waals surface area contributed by atoms with Crippen molar-refractivity contribution < 1.29 is 4.79 Å². The molecular weight excluding hydrogens is 326 g/mol. The number of carbonyl (C=O) groups is 1. The van der Waals surface area contributed by atoms with Gasteiger partial charge in [0.05, 0.1) is 0 Å². The second-order valence-electron chi connectivity index (χ2n) is 5.92. The van der Waals surface area contributed by atoms with E-state index in [-0.39, 0.29) is 11.2 Å². The average molecular weight is 347 g/mol. The Morgan fingerprint density at radius 1 is 1.32 bits per heavy atom. The lowest BCUT2D eigenvalue weighted by Gasteiger charge is -2.28. The van der Waals surface area contributed by atoms with Crippen LogP contribution in [0.4, 0.5) is 5.95 Å². The number of aryl methyl sites for hydroxylation is 1. The SMILES string of the molecule is C=CCn1c(N2CCNCC2)nc2c1c(=O)n(CC(N)=O)c(=O)n2C. The van der Waals surface area contributed by atoms with Crippen molar-refractivity contribution in [3.63, 3.8) is 0 Å². The molecule has 3 N–H and O–H groups in total. The van der Waals surface area contributed by atoms with Crippen molar-refractivity contribution in [3.8, 4) is 0 Å². The number of hydrogen-bond acceptors (Lipinski definition) is 6. The highest BCUT2D eigenvalue weighted by Gasteiger charge is 2.24. The molecule has 1 fully saturated rings. The standard InChI is InChI=1S/C15H21N7O3/c1-3-6-21-11-12(18-14(21)20-7-4-17-5-8-20)19(2)15(25)22(13(11)24)9-10(16)23/h3,17H,1,4-9H2,2H3,(H2,16,23). The molecule has 3 heterocycles. The van der Waals surface area contributed by atoms with Gasteiger partial charge < -0.3 is 20.5 Å². The maximum atomic E-state index is 12.8. The summed E-state index contributed by atoms with van der Waals surface area (Å²) in [5.41, 5.74) is 4.52. The van der Waals surface area contributed by atoms with E-state index in [1.54, 1.807) is 10.6 Å². The van der Waals surface area contributed by atoms with E-state index in [1.165, 1.54) is 11.6 Å². The fourth-order valence-electron chi connectivity index (χ4n) is 3.06. The predicted octanol–water partition coefficient (Wildman–Crippen LogP) is -2.02. The largest absolute Gasteiger partial charge is 0.368 e. The Bertz CT molecular complexity index is 947. The summed E-state index contributed by atoms with van der Waals surface area (Å²) in [6.45, 7) is 6.73. The minimum atomic E-state index is -0.754. The van der Waals surface area contributed by atoms with Crippen LogP contribution in [-0.4, -0.2) is 50.8 Å². The molecule has 25 heavy (non-hydrogen) atoms. The number of nitrogens with zero attached hydrogens (tertiary/aromatic N) is 5. The molecule has 0 aliphatic carbocycles. The van der Waals surface area contributed by atoms with Gasteiger partial charge in [0.1, 0.15) is 6.54 Å². The first-order valence-electron chi connectivity index (χ1n) is 8.00. The van der Waals surface area contributed by atoms with Crippen LogP contribution >= 0.6 is 0 Å². The Balaban J connectivity index is 2.31. The molecule has 1 aliphatic rings. The van der Waals surface area contributed by atoms with Gasteiger partial charge in [0.2, 0.25) is 11.9 Å². The van der Waals surface area contributed by atoms with Crippen LogP contribution < -0.4 is 27.2 Å². The van der Waals surface area contributed by atoms with Gasteiger partial charge in [-0.3, -0.25) is 14.2 Å². The lowest BCUT2D eigenvalue weighted by molar-refractivity contribution is -0.118. The molecule has 10 heteroatoms. The van der Waals surface area contributed by atoms with Gasteiger partial charge >= 0.3 is 5.69 Å². The molecule has 0 unspecified atom stereocenters. The number of rotatable bonds is 5. The first kappa shape index (κ1) is 17.0. The van der Waals surface area contributed by atoms with Crippen LogP contribution in [0.25, 0.3) is 11.2 Å². The van der Waals surface area contributed by atoms with Crippen molar-refractivity contribution >= 4 is 23.0 Å². The van der Waals surface area contributed by atoms with Crippen molar-refractivity contribution in [1.82, 2.24) is 24.0 Å². The molecule has 2 aromatic heterocycles. The van der Waals surface area contributed by atoms with Gasteiger partial charge in [-0.05, 0) is 0 Å². The van der Waals surface area contributed by atoms with Gasteiger partial charge in [-0.25, -0.2) is 9.36 Å². The quantitative estimate of drug-likeness (QED) is 0.602. The molecular formula is C15H21N7O3. The Morgan fingerprint density at radius 2 is 2.00 bits per heavy atom. The lowest BCUT2D eigenvalue weighted by Crippen LogP contribution is -2.44. The molecule has 0 spiro atoms. The van der Waals surface area contributed by atoms with Crippen molar-refractivity contribution in [2.75, 3.05) is 31.1 Å². The van der Waals surface area contributed by atoms with Gasteiger partial charge in [0.15, 0.2) is 11.2 Å². The van der Waals surface area contributed by atoms with E-state index in [1.807, 2.05) is 0 Å². The monoisotopic (exact) mass is 347 g/mol. The normalized spacial score (nSPS) is 14.8. The maximum absolute atomic E-state index is 12.8. The van der Waals surface area contributed by atoms with Crippen molar-refractivity contribution in [2.45, 2.75) is 13.1 Å². The zero-order valence-corrected chi connectivity index (χ0v) is 14.1. The molecule has 3 rings (SSSR count). The molecule has 0 saturated carbocycles. The van der Waals surface area contributed by atoms with Crippen LogP contribution in [0.2, 0.25) is 0 Å². The van der Waals surface area contributed by atoms with E-state index in [0.29, 0.717) is 12.5 Å².